The minimum atomic E-state index is -0.392. The number of hydrogen-bond acceptors (Lipinski definition) is 5. The summed E-state index contributed by atoms with van der Waals surface area (Å²) in [5, 5.41) is 19.0. The number of phenols is 1. The highest BCUT2D eigenvalue weighted by Gasteiger charge is 2.13. The Bertz CT molecular complexity index is 1320. The minimum Gasteiger partial charge on any atom is -0.508 e. The fourth-order valence-corrected chi connectivity index (χ4v) is 4.44. The number of phenolic OH excluding ortho intramolecular Hbond substituents is 1. The number of thiazole rings is 1. The van der Waals surface area contributed by atoms with E-state index in [-0.39, 0.29) is 11.7 Å². The maximum atomic E-state index is 12.7. The lowest BCUT2D eigenvalue weighted by Crippen LogP contribution is -2.30. The summed E-state index contributed by atoms with van der Waals surface area (Å²) in [5.41, 5.74) is 3.35. The second-order valence-electron chi connectivity index (χ2n) is 7.35. The summed E-state index contributed by atoms with van der Waals surface area (Å²) in [5.74, 6) is -0.0756. The Morgan fingerprint density at radius 3 is 2.67 bits per heavy atom. The van der Waals surface area contributed by atoms with Crippen LogP contribution in [-0.4, -0.2) is 28.6 Å². The summed E-state index contributed by atoms with van der Waals surface area (Å²) in [6, 6.07) is 17.2. The second kappa shape index (κ2) is 9.89. The lowest BCUT2D eigenvalue weighted by atomic mass is 10.1. The van der Waals surface area contributed by atoms with Gasteiger partial charge in [-0.05, 0) is 54.8 Å². The van der Waals surface area contributed by atoms with Gasteiger partial charge in [0.2, 0.25) is 0 Å². The number of fused-ring (bicyclic) bond motifs is 1. The SMILES string of the molecule is Cc1cccc(Cl)c1NC(=O)c1ccc2nc(NC(=O)NCCc3ccccc3O)sc2c1. The highest BCUT2D eigenvalue weighted by molar-refractivity contribution is 7.22. The normalized spacial score (nSPS) is 10.7. The van der Waals surface area contributed by atoms with Crippen LogP contribution in [0.4, 0.5) is 15.6 Å². The Morgan fingerprint density at radius 2 is 1.88 bits per heavy atom. The van der Waals surface area contributed by atoms with Crippen molar-refractivity contribution in [1.29, 1.82) is 0 Å². The van der Waals surface area contributed by atoms with Crippen LogP contribution >= 0.6 is 22.9 Å². The molecule has 33 heavy (non-hydrogen) atoms. The second-order valence-corrected chi connectivity index (χ2v) is 8.78. The zero-order valence-corrected chi connectivity index (χ0v) is 19.3. The monoisotopic (exact) mass is 480 g/mol. The van der Waals surface area contributed by atoms with Gasteiger partial charge in [0.25, 0.3) is 5.91 Å². The molecule has 0 spiro atoms. The van der Waals surface area contributed by atoms with E-state index in [0.29, 0.717) is 39.9 Å². The van der Waals surface area contributed by atoms with E-state index in [1.54, 1.807) is 36.4 Å². The molecule has 0 aliphatic heterocycles. The van der Waals surface area contributed by atoms with Gasteiger partial charge in [-0.2, -0.15) is 0 Å². The molecule has 0 aliphatic rings. The Balaban J connectivity index is 1.38. The molecule has 3 aromatic carbocycles. The Morgan fingerprint density at radius 1 is 1.06 bits per heavy atom. The molecule has 168 valence electrons. The van der Waals surface area contributed by atoms with Crippen molar-refractivity contribution in [1.82, 2.24) is 10.3 Å². The Kier molecular flexibility index (Phi) is 6.76. The number of aromatic hydroxyl groups is 1. The zero-order valence-electron chi connectivity index (χ0n) is 17.7. The van der Waals surface area contributed by atoms with Crippen molar-refractivity contribution >= 4 is 55.9 Å². The van der Waals surface area contributed by atoms with E-state index in [0.717, 1.165) is 15.8 Å². The molecule has 0 unspecified atom stereocenters. The van der Waals surface area contributed by atoms with E-state index in [1.165, 1.54) is 11.3 Å². The van der Waals surface area contributed by atoms with Crippen LogP contribution in [0.2, 0.25) is 5.02 Å². The van der Waals surface area contributed by atoms with Crippen molar-refractivity contribution in [2.24, 2.45) is 0 Å². The third-order valence-corrected chi connectivity index (χ3v) is 6.25. The zero-order chi connectivity index (χ0) is 23.4. The van der Waals surface area contributed by atoms with Crippen LogP contribution in [0.15, 0.2) is 60.7 Å². The summed E-state index contributed by atoms with van der Waals surface area (Å²) < 4.78 is 0.767. The van der Waals surface area contributed by atoms with Crippen molar-refractivity contribution in [2.75, 3.05) is 17.2 Å². The number of anilines is 2. The fourth-order valence-electron chi connectivity index (χ4n) is 3.27. The van der Waals surface area contributed by atoms with Gasteiger partial charge in [0.15, 0.2) is 5.13 Å². The molecule has 4 rings (SSSR count). The molecule has 3 amide bonds. The van der Waals surface area contributed by atoms with Gasteiger partial charge < -0.3 is 15.7 Å². The summed E-state index contributed by atoms with van der Waals surface area (Å²) >= 11 is 7.48. The predicted molar refractivity (Wildman–Crippen MR) is 133 cm³/mol. The molecule has 0 bridgehead atoms. The lowest BCUT2D eigenvalue weighted by molar-refractivity contribution is 0.102. The molecule has 9 heteroatoms. The fraction of sp³-hybridized carbons (Fsp3) is 0.125. The van der Waals surface area contributed by atoms with E-state index in [9.17, 15) is 14.7 Å². The van der Waals surface area contributed by atoms with Gasteiger partial charge in [0.1, 0.15) is 5.75 Å². The van der Waals surface area contributed by atoms with E-state index in [4.69, 9.17) is 11.6 Å². The van der Waals surface area contributed by atoms with Crippen LogP contribution in [0, 0.1) is 6.92 Å². The smallest absolute Gasteiger partial charge is 0.321 e. The lowest BCUT2D eigenvalue weighted by Gasteiger charge is -2.10. The Labute approximate surface area is 199 Å². The molecule has 1 aromatic heterocycles. The predicted octanol–water partition coefficient (Wildman–Crippen LogP) is 5.58. The molecule has 0 aliphatic carbocycles. The van der Waals surface area contributed by atoms with Crippen LogP contribution in [0.25, 0.3) is 10.2 Å². The van der Waals surface area contributed by atoms with E-state index >= 15 is 0 Å². The van der Waals surface area contributed by atoms with Crippen molar-refractivity contribution in [2.45, 2.75) is 13.3 Å². The molecule has 0 radical (unpaired) electrons. The molecule has 0 saturated heterocycles. The van der Waals surface area contributed by atoms with Gasteiger partial charge in [-0.1, -0.05) is 53.3 Å². The molecule has 0 fully saturated rings. The van der Waals surface area contributed by atoms with Crippen molar-refractivity contribution in [3.05, 3.63) is 82.4 Å². The summed E-state index contributed by atoms with van der Waals surface area (Å²) in [6.07, 6.45) is 0.503. The topological polar surface area (TPSA) is 103 Å². The van der Waals surface area contributed by atoms with Crippen LogP contribution in [0.1, 0.15) is 21.5 Å². The number of hydrogen-bond donors (Lipinski definition) is 4. The first-order chi connectivity index (χ1) is 15.9. The molecular formula is C24H21ClN4O3S. The largest absolute Gasteiger partial charge is 0.508 e. The first-order valence-corrected chi connectivity index (χ1v) is 11.4. The molecule has 0 atom stereocenters. The summed E-state index contributed by atoms with van der Waals surface area (Å²) in [7, 11) is 0. The maximum absolute atomic E-state index is 12.7. The number of nitrogens with one attached hydrogen (secondary N) is 3. The number of halogens is 1. The first-order valence-electron chi connectivity index (χ1n) is 10.2. The number of carbonyl (C=O) groups is 2. The number of nitrogens with zero attached hydrogens (tertiary/aromatic N) is 1. The van der Waals surface area contributed by atoms with Gasteiger partial charge in [-0.25, -0.2) is 9.78 Å². The number of aromatic nitrogens is 1. The highest BCUT2D eigenvalue weighted by Crippen LogP contribution is 2.29. The molecule has 4 aromatic rings. The number of benzene rings is 3. The number of para-hydroxylation sites is 2. The van der Waals surface area contributed by atoms with Crippen molar-refractivity contribution in [3.63, 3.8) is 0 Å². The molecular weight excluding hydrogens is 460 g/mol. The number of carbonyl (C=O) groups excluding carboxylic acids is 2. The highest BCUT2D eigenvalue weighted by atomic mass is 35.5. The van der Waals surface area contributed by atoms with Gasteiger partial charge >= 0.3 is 6.03 Å². The number of aryl methyl sites for hydroxylation is 1. The van der Waals surface area contributed by atoms with Gasteiger partial charge in [0.05, 0.1) is 20.9 Å². The molecule has 0 saturated carbocycles. The first kappa shape index (κ1) is 22.6. The molecule has 7 nitrogen and oxygen atoms in total. The minimum absolute atomic E-state index is 0.204. The number of amides is 3. The van der Waals surface area contributed by atoms with Crippen molar-refractivity contribution in [3.8, 4) is 5.75 Å². The molecule has 1 heterocycles. The van der Waals surface area contributed by atoms with Gasteiger partial charge in [0, 0.05) is 12.1 Å². The van der Waals surface area contributed by atoms with E-state index < -0.39 is 6.03 Å². The standard InChI is InChI=1S/C24H21ClN4O3S/c1-14-5-4-7-17(25)21(14)28-22(31)16-9-10-18-20(13-16)33-24(27-18)29-23(32)26-12-11-15-6-2-3-8-19(15)30/h2-10,13,30H,11-12H2,1H3,(H,28,31)(H2,26,27,29,32). The number of urea groups is 1. The third-order valence-electron chi connectivity index (χ3n) is 5.00. The van der Waals surface area contributed by atoms with Gasteiger partial charge in [-0.3, -0.25) is 10.1 Å². The van der Waals surface area contributed by atoms with Crippen LogP contribution < -0.4 is 16.0 Å². The average molecular weight is 481 g/mol. The van der Waals surface area contributed by atoms with E-state index in [1.807, 2.05) is 31.2 Å². The Hall–Kier alpha value is -3.62. The van der Waals surface area contributed by atoms with Crippen LogP contribution in [-0.2, 0) is 6.42 Å². The summed E-state index contributed by atoms with van der Waals surface area (Å²) in [6.45, 7) is 2.24. The van der Waals surface area contributed by atoms with Gasteiger partial charge in [-0.15, -0.1) is 0 Å². The van der Waals surface area contributed by atoms with E-state index in [2.05, 4.69) is 20.9 Å². The summed E-state index contributed by atoms with van der Waals surface area (Å²) in [4.78, 5) is 29.3. The quantitative estimate of drug-likeness (QED) is 0.289. The third kappa shape index (κ3) is 5.42. The van der Waals surface area contributed by atoms with Crippen LogP contribution in [0.5, 0.6) is 5.75 Å². The average Bonchev–Trinajstić information content (AvgIpc) is 3.19. The van der Waals surface area contributed by atoms with Crippen LogP contribution in [0.3, 0.4) is 0 Å². The number of rotatable bonds is 6. The maximum Gasteiger partial charge on any atom is 0.321 e. The van der Waals surface area contributed by atoms with Crippen molar-refractivity contribution < 1.29 is 14.7 Å². The molecule has 4 N–H and O–H groups in total.